The van der Waals surface area contributed by atoms with Crippen molar-refractivity contribution in [3.8, 4) is 0 Å². The fraction of sp³-hybridized carbons (Fsp3) is 0.385. The number of rotatable bonds is 4. The van der Waals surface area contributed by atoms with Crippen LogP contribution in [0.5, 0.6) is 0 Å². The van der Waals surface area contributed by atoms with Crippen molar-refractivity contribution in [1.82, 2.24) is 5.32 Å². The Kier molecular flexibility index (Phi) is 4.57. The highest BCUT2D eigenvalue weighted by atomic mass is 35.5. The summed E-state index contributed by atoms with van der Waals surface area (Å²) in [4.78, 5) is 22.6. The van der Waals surface area contributed by atoms with E-state index >= 15 is 0 Å². The number of ether oxygens (including phenoxy) is 1. The van der Waals surface area contributed by atoms with Crippen molar-refractivity contribution in [3.63, 3.8) is 0 Å². The van der Waals surface area contributed by atoms with E-state index in [-0.39, 0.29) is 23.2 Å². The van der Waals surface area contributed by atoms with Crippen LogP contribution in [0, 0.1) is 5.82 Å². The average Bonchev–Trinajstić information content (AvgIpc) is 2.85. The van der Waals surface area contributed by atoms with E-state index in [0.717, 1.165) is 12.1 Å². The van der Waals surface area contributed by atoms with Gasteiger partial charge < -0.3 is 15.2 Å². The van der Waals surface area contributed by atoms with Crippen molar-refractivity contribution >= 4 is 23.5 Å². The Morgan fingerprint density at radius 1 is 1.45 bits per heavy atom. The van der Waals surface area contributed by atoms with Gasteiger partial charge in [0.15, 0.2) is 6.10 Å². The summed E-state index contributed by atoms with van der Waals surface area (Å²) in [6.07, 6.45) is -0.160. The quantitative estimate of drug-likeness (QED) is 0.890. The van der Waals surface area contributed by atoms with Crippen molar-refractivity contribution in [2.24, 2.45) is 0 Å². The molecule has 0 aromatic heterocycles. The second-order valence-electron chi connectivity index (χ2n) is 4.50. The van der Waals surface area contributed by atoms with Crippen LogP contribution < -0.4 is 5.32 Å². The molecule has 7 heteroatoms. The van der Waals surface area contributed by atoms with Crippen LogP contribution in [0.3, 0.4) is 0 Å². The van der Waals surface area contributed by atoms with Gasteiger partial charge in [0.25, 0.3) is 5.91 Å². The molecule has 0 bridgehead atoms. The van der Waals surface area contributed by atoms with E-state index in [4.69, 9.17) is 21.4 Å². The summed E-state index contributed by atoms with van der Waals surface area (Å²) < 4.78 is 18.1. The monoisotopic (exact) mass is 301 g/mol. The zero-order valence-electron chi connectivity index (χ0n) is 10.4. The van der Waals surface area contributed by atoms with Crippen molar-refractivity contribution < 1.29 is 23.8 Å². The van der Waals surface area contributed by atoms with Gasteiger partial charge in [0, 0.05) is 6.54 Å². The highest BCUT2D eigenvalue weighted by molar-refractivity contribution is 6.33. The molecule has 0 spiro atoms. The van der Waals surface area contributed by atoms with E-state index in [1.165, 1.54) is 6.07 Å². The first-order valence-electron chi connectivity index (χ1n) is 6.09. The first-order valence-corrected chi connectivity index (χ1v) is 6.46. The minimum atomic E-state index is -1.000. The van der Waals surface area contributed by atoms with Gasteiger partial charge in [0.05, 0.1) is 16.7 Å². The van der Waals surface area contributed by atoms with Crippen LogP contribution in [0.4, 0.5) is 4.39 Å². The highest BCUT2D eigenvalue weighted by Gasteiger charge is 2.30. The maximum Gasteiger partial charge on any atom is 0.332 e. The maximum atomic E-state index is 12.9. The average molecular weight is 302 g/mol. The minimum Gasteiger partial charge on any atom is -0.479 e. The Labute approximate surface area is 119 Å². The molecule has 1 aliphatic rings. The Hall–Kier alpha value is -1.66. The molecule has 1 aromatic carbocycles. The molecule has 1 aliphatic heterocycles. The van der Waals surface area contributed by atoms with Gasteiger partial charge in [-0.3, -0.25) is 4.79 Å². The summed E-state index contributed by atoms with van der Waals surface area (Å²) in [7, 11) is 0. The third-order valence-corrected chi connectivity index (χ3v) is 3.36. The van der Waals surface area contributed by atoms with Crippen LogP contribution in [0.1, 0.15) is 23.2 Å². The fourth-order valence-electron chi connectivity index (χ4n) is 2.01. The first-order chi connectivity index (χ1) is 9.47. The molecule has 5 nitrogen and oxygen atoms in total. The number of carboxylic acid groups (broad SMARTS) is 1. The molecule has 0 aliphatic carbocycles. The number of hydrogen-bond acceptors (Lipinski definition) is 3. The van der Waals surface area contributed by atoms with E-state index in [2.05, 4.69) is 5.32 Å². The molecule has 2 atom stereocenters. The van der Waals surface area contributed by atoms with Crippen LogP contribution in [-0.2, 0) is 9.53 Å². The van der Waals surface area contributed by atoms with E-state index < -0.39 is 23.8 Å². The number of nitrogens with one attached hydrogen (secondary N) is 1. The van der Waals surface area contributed by atoms with Gasteiger partial charge in [-0.25, -0.2) is 9.18 Å². The van der Waals surface area contributed by atoms with Crippen LogP contribution in [0.25, 0.3) is 0 Å². The van der Waals surface area contributed by atoms with Crippen LogP contribution in [0.15, 0.2) is 18.2 Å². The Bertz CT molecular complexity index is 537. The molecule has 0 radical (unpaired) electrons. The number of amides is 1. The predicted molar refractivity (Wildman–Crippen MR) is 69.3 cm³/mol. The topological polar surface area (TPSA) is 75.6 Å². The Morgan fingerprint density at radius 2 is 2.20 bits per heavy atom. The summed E-state index contributed by atoms with van der Waals surface area (Å²) in [5.74, 6) is -1.97. The molecule has 20 heavy (non-hydrogen) atoms. The van der Waals surface area contributed by atoms with E-state index in [0.29, 0.717) is 12.8 Å². The Balaban J connectivity index is 1.88. The van der Waals surface area contributed by atoms with Crippen LogP contribution >= 0.6 is 11.6 Å². The molecular weight excluding hydrogens is 289 g/mol. The predicted octanol–water partition coefficient (Wildman–Crippen LogP) is 1.84. The fourth-order valence-corrected chi connectivity index (χ4v) is 2.27. The molecule has 2 unspecified atom stereocenters. The largest absolute Gasteiger partial charge is 0.479 e. The number of aliphatic carboxylic acids is 1. The number of hydrogen-bond donors (Lipinski definition) is 2. The molecule has 2 rings (SSSR count). The second kappa shape index (κ2) is 6.19. The van der Waals surface area contributed by atoms with E-state index in [1.807, 2.05) is 0 Å². The zero-order valence-corrected chi connectivity index (χ0v) is 11.2. The molecule has 1 aromatic rings. The van der Waals surface area contributed by atoms with Gasteiger partial charge in [-0.15, -0.1) is 0 Å². The smallest absolute Gasteiger partial charge is 0.332 e. The van der Waals surface area contributed by atoms with E-state index in [1.54, 1.807) is 0 Å². The van der Waals surface area contributed by atoms with Gasteiger partial charge in [0.1, 0.15) is 5.82 Å². The molecule has 1 saturated heterocycles. The number of carboxylic acids is 1. The molecule has 108 valence electrons. The van der Waals surface area contributed by atoms with Gasteiger partial charge >= 0.3 is 5.97 Å². The van der Waals surface area contributed by atoms with Crippen molar-refractivity contribution in [1.29, 1.82) is 0 Å². The highest BCUT2D eigenvalue weighted by Crippen LogP contribution is 2.20. The first kappa shape index (κ1) is 14.7. The summed E-state index contributed by atoms with van der Waals surface area (Å²) in [5.41, 5.74) is 0.167. The van der Waals surface area contributed by atoms with Gasteiger partial charge in [0.2, 0.25) is 0 Å². The third-order valence-electron chi connectivity index (χ3n) is 3.05. The van der Waals surface area contributed by atoms with Crippen molar-refractivity contribution in [2.45, 2.75) is 25.0 Å². The Morgan fingerprint density at radius 3 is 2.80 bits per heavy atom. The molecule has 1 fully saturated rings. The molecule has 2 N–H and O–H groups in total. The normalized spacial score (nSPS) is 21.7. The SMILES string of the molecule is O=C(NCC1CCC(C(=O)O)O1)c1ccc(F)cc1Cl. The van der Waals surface area contributed by atoms with Crippen molar-refractivity contribution in [2.75, 3.05) is 6.54 Å². The molecule has 0 saturated carbocycles. The van der Waals surface area contributed by atoms with Crippen LogP contribution in [-0.4, -0.2) is 35.7 Å². The zero-order chi connectivity index (χ0) is 14.7. The number of carbonyl (C=O) groups is 2. The van der Waals surface area contributed by atoms with Gasteiger partial charge in [-0.1, -0.05) is 11.6 Å². The standard InChI is InChI=1S/C13H13ClFNO4/c14-10-5-7(15)1-3-9(10)12(17)16-6-8-2-4-11(20-8)13(18)19/h1,3,5,8,11H,2,4,6H2,(H,16,17)(H,18,19). The lowest BCUT2D eigenvalue weighted by Crippen LogP contribution is -2.33. The summed E-state index contributed by atoms with van der Waals surface area (Å²) in [5, 5.41) is 11.4. The maximum absolute atomic E-state index is 12.9. The van der Waals surface area contributed by atoms with Gasteiger partial charge in [-0.2, -0.15) is 0 Å². The summed E-state index contributed by atoms with van der Waals surface area (Å²) >= 11 is 5.77. The van der Waals surface area contributed by atoms with Gasteiger partial charge in [-0.05, 0) is 31.0 Å². The van der Waals surface area contributed by atoms with Crippen molar-refractivity contribution in [3.05, 3.63) is 34.6 Å². The van der Waals surface area contributed by atoms with E-state index in [9.17, 15) is 14.0 Å². The number of carbonyl (C=O) groups excluding carboxylic acids is 1. The minimum absolute atomic E-state index is 0.0262. The summed E-state index contributed by atoms with van der Waals surface area (Å²) in [6, 6.07) is 3.50. The summed E-state index contributed by atoms with van der Waals surface area (Å²) in [6.45, 7) is 0.191. The molecular formula is C13H13ClFNO4. The lowest BCUT2D eigenvalue weighted by Gasteiger charge is -2.12. The lowest BCUT2D eigenvalue weighted by atomic mass is 10.2. The third kappa shape index (κ3) is 3.46. The molecule has 1 heterocycles. The number of benzene rings is 1. The molecule has 1 amide bonds. The number of halogens is 2. The van der Waals surface area contributed by atoms with Crippen LogP contribution in [0.2, 0.25) is 5.02 Å². The lowest BCUT2D eigenvalue weighted by molar-refractivity contribution is -0.149. The second-order valence-corrected chi connectivity index (χ2v) is 4.90.